The third-order valence-corrected chi connectivity index (χ3v) is 7.06. The normalized spacial score (nSPS) is 27.4. The summed E-state index contributed by atoms with van der Waals surface area (Å²) in [5.41, 5.74) is 3.79. The Kier molecular flexibility index (Phi) is 5.29. The topological polar surface area (TPSA) is 63.6 Å². The highest BCUT2D eigenvalue weighted by Crippen LogP contribution is 2.47. The van der Waals surface area contributed by atoms with E-state index in [9.17, 15) is 9.59 Å². The monoisotopic (exact) mass is 411 g/mol. The van der Waals surface area contributed by atoms with Gasteiger partial charge in [-0.1, -0.05) is 27.7 Å². The summed E-state index contributed by atoms with van der Waals surface area (Å²) < 4.78 is 5.25. The number of rotatable bonds is 5. The van der Waals surface area contributed by atoms with E-state index in [4.69, 9.17) is 4.74 Å². The Morgan fingerprint density at radius 3 is 2.77 bits per heavy atom. The molecule has 30 heavy (non-hydrogen) atoms. The summed E-state index contributed by atoms with van der Waals surface area (Å²) in [5, 5.41) is 0.578. The van der Waals surface area contributed by atoms with E-state index in [-0.39, 0.29) is 11.4 Å². The van der Waals surface area contributed by atoms with E-state index in [1.165, 1.54) is 24.2 Å². The predicted molar refractivity (Wildman–Crippen MR) is 119 cm³/mol. The molecule has 2 heterocycles. The minimum Gasteiger partial charge on any atom is -0.462 e. The van der Waals surface area contributed by atoms with Gasteiger partial charge in [0.1, 0.15) is 6.54 Å². The molecule has 0 spiro atoms. The smallest absolute Gasteiger partial charge is 0.338 e. The van der Waals surface area contributed by atoms with Crippen LogP contribution in [0.2, 0.25) is 0 Å². The molecule has 4 rings (SSSR count). The van der Waals surface area contributed by atoms with Crippen molar-refractivity contribution >= 4 is 16.9 Å². The maximum absolute atomic E-state index is 13.4. The van der Waals surface area contributed by atoms with E-state index >= 15 is 0 Å². The maximum atomic E-state index is 13.4. The van der Waals surface area contributed by atoms with Crippen LogP contribution in [0.15, 0.2) is 23.0 Å². The number of nitrogens with one attached hydrogen (secondary N) is 2. The highest BCUT2D eigenvalue weighted by molar-refractivity contribution is 5.94. The summed E-state index contributed by atoms with van der Waals surface area (Å²) in [6.45, 7) is 13.4. The van der Waals surface area contributed by atoms with Gasteiger partial charge in [0.05, 0.1) is 30.3 Å². The Balaban J connectivity index is 1.66. The van der Waals surface area contributed by atoms with Gasteiger partial charge >= 0.3 is 5.97 Å². The van der Waals surface area contributed by atoms with Gasteiger partial charge < -0.3 is 14.6 Å². The zero-order valence-corrected chi connectivity index (χ0v) is 19.0. The Hall–Kier alpha value is -2.14. The third-order valence-electron chi connectivity index (χ3n) is 7.06. The van der Waals surface area contributed by atoms with Crippen molar-refractivity contribution in [2.75, 3.05) is 13.2 Å². The number of carbonyl (C=O) groups is 1. The average Bonchev–Trinajstić information content (AvgIpc) is 2.90. The van der Waals surface area contributed by atoms with Crippen LogP contribution in [-0.2, 0) is 11.3 Å². The number of H-pyrrole nitrogens is 1. The fourth-order valence-electron chi connectivity index (χ4n) is 6.25. The number of ether oxygens (including phenoxy) is 1. The number of hydrogen-bond donors (Lipinski definition) is 2. The largest absolute Gasteiger partial charge is 0.462 e. The predicted octanol–water partition coefficient (Wildman–Crippen LogP) is 3.39. The molecule has 2 aromatic rings. The van der Waals surface area contributed by atoms with Crippen LogP contribution in [0.25, 0.3) is 10.9 Å². The first-order valence-electron chi connectivity index (χ1n) is 11.3. The molecular weight excluding hydrogens is 376 g/mol. The molecule has 3 unspecified atom stereocenters. The van der Waals surface area contributed by atoms with E-state index in [2.05, 4.69) is 25.8 Å². The van der Waals surface area contributed by atoms with Gasteiger partial charge in [-0.2, -0.15) is 0 Å². The molecule has 2 fully saturated rings. The quantitative estimate of drug-likeness (QED) is 0.742. The van der Waals surface area contributed by atoms with Crippen molar-refractivity contribution in [3.8, 4) is 0 Å². The Labute approximate surface area is 178 Å². The molecule has 5 nitrogen and oxygen atoms in total. The fraction of sp³-hybridized carbons (Fsp3) is 0.600. The van der Waals surface area contributed by atoms with E-state index in [0.717, 1.165) is 36.3 Å². The summed E-state index contributed by atoms with van der Waals surface area (Å²) in [6, 6.07) is 5.85. The molecule has 1 saturated carbocycles. The lowest BCUT2D eigenvalue weighted by molar-refractivity contribution is -0.928. The van der Waals surface area contributed by atoms with Crippen molar-refractivity contribution in [3.63, 3.8) is 0 Å². The first-order chi connectivity index (χ1) is 14.1. The molecule has 2 bridgehead atoms. The van der Waals surface area contributed by atoms with E-state index in [1.54, 1.807) is 12.1 Å². The van der Waals surface area contributed by atoms with Gasteiger partial charge in [-0.15, -0.1) is 0 Å². The van der Waals surface area contributed by atoms with E-state index < -0.39 is 0 Å². The molecule has 1 aliphatic carbocycles. The minimum absolute atomic E-state index is 0.0461. The number of quaternary nitrogens is 1. The number of hydrogen-bond acceptors (Lipinski definition) is 3. The number of benzene rings is 1. The lowest BCUT2D eigenvalue weighted by atomic mass is 9.65. The Morgan fingerprint density at radius 2 is 2.03 bits per heavy atom. The fourth-order valence-corrected chi connectivity index (χ4v) is 6.25. The number of likely N-dealkylation sites (tertiary alicyclic amines) is 1. The molecule has 0 radical (unpaired) electrons. The zero-order chi connectivity index (χ0) is 21.7. The molecule has 2 N–H and O–H groups in total. The van der Waals surface area contributed by atoms with Crippen LogP contribution >= 0.6 is 0 Å². The van der Waals surface area contributed by atoms with Crippen LogP contribution in [0.3, 0.4) is 0 Å². The van der Waals surface area contributed by atoms with Crippen molar-refractivity contribution in [2.24, 2.45) is 10.8 Å². The first kappa shape index (κ1) is 21.1. The second-order valence-electron chi connectivity index (χ2n) is 10.7. The van der Waals surface area contributed by atoms with E-state index in [1.807, 2.05) is 19.9 Å². The van der Waals surface area contributed by atoms with Gasteiger partial charge in [0.2, 0.25) is 0 Å². The standard InChI is InChI=1S/C25H34N2O3/c1-6-9-30-23(29)17-7-8-21-19(10-17)22(28)20(16(2)26-21)13-27-15-25(5)12-18(27)11-24(3,4)14-25/h7-8,10,18H,6,9,11-15H2,1-5H3,(H,26,28)/p+1. The number of aryl methyl sites for hydroxylation is 1. The Bertz CT molecular complexity index is 1040. The van der Waals surface area contributed by atoms with Gasteiger partial charge in [-0.3, -0.25) is 4.79 Å². The molecule has 5 heteroatoms. The zero-order valence-electron chi connectivity index (χ0n) is 19.0. The summed E-state index contributed by atoms with van der Waals surface area (Å²) in [7, 11) is 0. The van der Waals surface area contributed by atoms with Crippen LogP contribution in [0, 0.1) is 17.8 Å². The van der Waals surface area contributed by atoms with Crippen LogP contribution in [0.1, 0.15) is 75.0 Å². The van der Waals surface area contributed by atoms with Crippen molar-refractivity contribution in [1.29, 1.82) is 0 Å². The SMILES string of the molecule is CCCOC(=O)c1ccc2[nH]c(C)c(C[NH+]3CC4(C)CC3CC(C)(C)C4)c(=O)c2c1. The highest BCUT2D eigenvalue weighted by atomic mass is 16.5. The number of aromatic nitrogens is 1. The summed E-state index contributed by atoms with van der Waals surface area (Å²) in [5.74, 6) is -0.366. The molecule has 1 aliphatic heterocycles. The molecule has 162 valence electrons. The van der Waals surface area contributed by atoms with Crippen molar-refractivity contribution in [3.05, 3.63) is 45.2 Å². The van der Waals surface area contributed by atoms with Crippen molar-refractivity contribution in [1.82, 2.24) is 4.98 Å². The lowest BCUT2D eigenvalue weighted by Gasteiger charge is -2.37. The van der Waals surface area contributed by atoms with Crippen LogP contribution < -0.4 is 10.3 Å². The number of fused-ring (bicyclic) bond motifs is 3. The van der Waals surface area contributed by atoms with Crippen molar-refractivity contribution < 1.29 is 14.4 Å². The highest BCUT2D eigenvalue weighted by Gasteiger charge is 2.52. The Morgan fingerprint density at radius 1 is 1.27 bits per heavy atom. The van der Waals surface area contributed by atoms with Crippen molar-refractivity contribution in [2.45, 2.75) is 72.9 Å². The average molecular weight is 412 g/mol. The van der Waals surface area contributed by atoms with Gasteiger partial charge in [0.25, 0.3) is 0 Å². The maximum Gasteiger partial charge on any atom is 0.338 e. The molecule has 1 saturated heterocycles. The van der Waals surface area contributed by atoms with Gasteiger partial charge in [0.15, 0.2) is 5.43 Å². The van der Waals surface area contributed by atoms with E-state index in [0.29, 0.717) is 34.4 Å². The van der Waals surface area contributed by atoms with Crippen LogP contribution in [0.5, 0.6) is 0 Å². The van der Waals surface area contributed by atoms with Gasteiger partial charge in [-0.25, -0.2) is 4.79 Å². The van der Waals surface area contributed by atoms with Gasteiger partial charge in [-0.05, 0) is 43.4 Å². The van der Waals surface area contributed by atoms with Gasteiger partial charge in [0, 0.05) is 34.9 Å². The first-order valence-corrected chi connectivity index (χ1v) is 11.3. The summed E-state index contributed by atoms with van der Waals surface area (Å²) >= 11 is 0. The molecule has 0 amide bonds. The van der Waals surface area contributed by atoms with Crippen LogP contribution in [0.4, 0.5) is 0 Å². The molecule has 3 atom stereocenters. The second kappa shape index (κ2) is 7.52. The number of carbonyl (C=O) groups excluding carboxylic acids is 1. The number of pyridine rings is 1. The summed E-state index contributed by atoms with van der Waals surface area (Å²) in [6.07, 6.45) is 4.51. The summed E-state index contributed by atoms with van der Waals surface area (Å²) in [4.78, 5) is 30.7. The number of aromatic amines is 1. The lowest BCUT2D eigenvalue weighted by Crippen LogP contribution is -3.12. The molecule has 1 aromatic carbocycles. The second-order valence-corrected chi connectivity index (χ2v) is 10.7. The molecule has 1 aromatic heterocycles. The number of esters is 1. The third kappa shape index (κ3) is 3.92. The minimum atomic E-state index is -0.366. The molecular formula is C25H35N2O3+. The van der Waals surface area contributed by atoms with Crippen LogP contribution in [-0.4, -0.2) is 30.1 Å². The molecule has 2 aliphatic rings.